The number of aromatic amines is 1. The van der Waals surface area contributed by atoms with Gasteiger partial charge >= 0.3 is 0 Å². The molecular weight excluding hydrogens is 430 g/mol. The maximum Gasteiger partial charge on any atom is 0.254 e. The Kier molecular flexibility index (Phi) is 6.27. The van der Waals surface area contributed by atoms with Crippen LogP contribution in [0.4, 0.5) is 5.82 Å². The standard InChI is InChI=1S/C22H27N5O4S/c1-4-16-11-31-12-22(28)27(16)21-8-14(13-32(3,29)30)7-19(26-21)18-6-5-17-20(25-18)9-15(24-17)10-23-2/h5-9,16,23-24H,4,10-13H2,1-3H3/t16-/m0/s1. The van der Waals surface area contributed by atoms with Gasteiger partial charge in [-0.1, -0.05) is 6.92 Å². The normalized spacial score (nSPS) is 17.3. The number of sulfone groups is 1. The zero-order valence-electron chi connectivity index (χ0n) is 18.4. The van der Waals surface area contributed by atoms with Crippen molar-refractivity contribution in [2.24, 2.45) is 0 Å². The summed E-state index contributed by atoms with van der Waals surface area (Å²) in [6, 6.07) is 8.98. The van der Waals surface area contributed by atoms with E-state index in [9.17, 15) is 13.2 Å². The molecule has 1 atom stereocenters. The lowest BCUT2D eigenvalue weighted by atomic mass is 10.1. The van der Waals surface area contributed by atoms with Gasteiger partial charge in [-0.15, -0.1) is 0 Å². The Morgan fingerprint density at radius 3 is 2.75 bits per heavy atom. The van der Waals surface area contributed by atoms with Crippen LogP contribution in [-0.2, 0) is 31.7 Å². The molecule has 4 rings (SSSR count). The van der Waals surface area contributed by atoms with Crippen LogP contribution < -0.4 is 10.2 Å². The van der Waals surface area contributed by atoms with Crippen LogP contribution in [-0.4, -0.2) is 61.8 Å². The van der Waals surface area contributed by atoms with E-state index in [1.807, 2.05) is 32.2 Å². The van der Waals surface area contributed by atoms with Crippen LogP contribution in [0.25, 0.3) is 22.4 Å². The first-order valence-corrected chi connectivity index (χ1v) is 12.6. The molecule has 4 heterocycles. The number of carbonyl (C=O) groups is 1. The molecule has 1 fully saturated rings. The average Bonchev–Trinajstić information content (AvgIpc) is 3.13. The Balaban J connectivity index is 1.82. The number of nitrogens with one attached hydrogen (secondary N) is 2. The first-order chi connectivity index (χ1) is 15.3. The van der Waals surface area contributed by atoms with E-state index in [-0.39, 0.29) is 24.3 Å². The number of anilines is 1. The molecule has 32 heavy (non-hydrogen) atoms. The molecule has 1 aliphatic rings. The molecule has 3 aromatic rings. The van der Waals surface area contributed by atoms with E-state index < -0.39 is 9.84 Å². The molecule has 1 amide bonds. The molecule has 0 aliphatic carbocycles. The molecule has 170 valence electrons. The number of hydrogen-bond donors (Lipinski definition) is 2. The number of morpholine rings is 1. The van der Waals surface area contributed by atoms with Crippen molar-refractivity contribution in [2.45, 2.75) is 31.7 Å². The summed E-state index contributed by atoms with van der Waals surface area (Å²) >= 11 is 0. The van der Waals surface area contributed by atoms with Crippen molar-refractivity contribution in [2.75, 3.05) is 31.4 Å². The van der Waals surface area contributed by atoms with Crippen LogP contribution in [0.1, 0.15) is 24.6 Å². The van der Waals surface area contributed by atoms with Gasteiger partial charge in [0.25, 0.3) is 5.91 Å². The number of H-pyrrole nitrogens is 1. The predicted octanol–water partition coefficient (Wildman–Crippen LogP) is 2.03. The number of fused-ring (bicyclic) bond motifs is 1. The van der Waals surface area contributed by atoms with Gasteiger partial charge in [0, 0.05) is 18.5 Å². The largest absolute Gasteiger partial charge is 0.369 e. The summed E-state index contributed by atoms with van der Waals surface area (Å²) < 4.78 is 29.4. The molecule has 2 N–H and O–H groups in total. The number of rotatable bonds is 7. The summed E-state index contributed by atoms with van der Waals surface area (Å²) in [4.78, 5) is 27.1. The van der Waals surface area contributed by atoms with Crippen molar-refractivity contribution in [3.8, 4) is 11.4 Å². The van der Waals surface area contributed by atoms with Crippen LogP contribution >= 0.6 is 0 Å². The second kappa shape index (κ2) is 8.97. The molecule has 9 nitrogen and oxygen atoms in total. The average molecular weight is 458 g/mol. The number of amides is 1. The van der Waals surface area contributed by atoms with Crippen LogP contribution in [0.5, 0.6) is 0 Å². The molecule has 0 radical (unpaired) electrons. The summed E-state index contributed by atoms with van der Waals surface area (Å²) in [6.45, 7) is 3.06. The third kappa shape index (κ3) is 4.82. The fraction of sp³-hybridized carbons (Fsp3) is 0.409. The van der Waals surface area contributed by atoms with Crippen LogP contribution in [0.15, 0.2) is 30.3 Å². The van der Waals surface area contributed by atoms with E-state index in [1.165, 1.54) is 6.26 Å². The van der Waals surface area contributed by atoms with E-state index in [2.05, 4.69) is 10.3 Å². The summed E-state index contributed by atoms with van der Waals surface area (Å²) in [5, 5.41) is 3.10. The molecule has 0 unspecified atom stereocenters. The Bertz CT molecular complexity index is 1250. The Morgan fingerprint density at radius 1 is 1.22 bits per heavy atom. The minimum atomic E-state index is -3.28. The monoisotopic (exact) mass is 457 g/mol. The lowest BCUT2D eigenvalue weighted by molar-refractivity contribution is -0.127. The van der Waals surface area contributed by atoms with E-state index in [0.717, 1.165) is 16.7 Å². The highest BCUT2D eigenvalue weighted by Gasteiger charge is 2.30. The fourth-order valence-electron chi connectivity index (χ4n) is 3.95. The second-order valence-electron chi connectivity index (χ2n) is 8.08. The van der Waals surface area contributed by atoms with Crippen molar-refractivity contribution in [1.82, 2.24) is 20.3 Å². The van der Waals surface area contributed by atoms with Crippen LogP contribution in [0.2, 0.25) is 0 Å². The number of nitrogens with zero attached hydrogens (tertiary/aromatic N) is 3. The highest BCUT2D eigenvalue weighted by Crippen LogP contribution is 2.28. The van der Waals surface area contributed by atoms with Gasteiger partial charge in [-0.05, 0) is 49.4 Å². The third-order valence-electron chi connectivity index (χ3n) is 5.35. The van der Waals surface area contributed by atoms with Crippen molar-refractivity contribution in [3.05, 3.63) is 41.6 Å². The first-order valence-electron chi connectivity index (χ1n) is 10.5. The van der Waals surface area contributed by atoms with Gasteiger partial charge in [0.05, 0.1) is 40.8 Å². The molecule has 0 bridgehead atoms. The highest BCUT2D eigenvalue weighted by molar-refractivity contribution is 7.89. The second-order valence-corrected chi connectivity index (χ2v) is 10.2. The van der Waals surface area contributed by atoms with Crippen molar-refractivity contribution < 1.29 is 17.9 Å². The molecule has 3 aromatic heterocycles. The molecule has 10 heteroatoms. The summed E-state index contributed by atoms with van der Waals surface area (Å²) in [5.74, 6) is 0.0840. The topological polar surface area (TPSA) is 117 Å². The van der Waals surface area contributed by atoms with Gasteiger partial charge in [-0.25, -0.2) is 18.4 Å². The predicted molar refractivity (Wildman–Crippen MR) is 123 cm³/mol. The summed E-state index contributed by atoms with van der Waals surface area (Å²) in [6.07, 6.45) is 1.88. The van der Waals surface area contributed by atoms with Crippen LogP contribution in [0.3, 0.4) is 0 Å². The Hall–Kier alpha value is -2.82. The summed E-state index contributed by atoms with van der Waals surface area (Å²) in [7, 11) is -1.41. The smallest absolute Gasteiger partial charge is 0.254 e. The Labute approximate surface area is 187 Å². The van der Waals surface area contributed by atoms with E-state index in [0.29, 0.717) is 42.3 Å². The quantitative estimate of drug-likeness (QED) is 0.557. The molecule has 1 saturated heterocycles. The van der Waals surface area contributed by atoms with Crippen LogP contribution in [0, 0.1) is 0 Å². The van der Waals surface area contributed by atoms with Gasteiger partial charge in [0.2, 0.25) is 0 Å². The van der Waals surface area contributed by atoms with Crippen molar-refractivity contribution in [1.29, 1.82) is 0 Å². The lowest BCUT2D eigenvalue weighted by Gasteiger charge is -2.34. The highest BCUT2D eigenvalue weighted by atomic mass is 32.2. The van der Waals surface area contributed by atoms with Gasteiger partial charge in [-0.3, -0.25) is 9.69 Å². The first kappa shape index (κ1) is 22.4. The zero-order chi connectivity index (χ0) is 22.9. The molecule has 0 saturated carbocycles. The van der Waals surface area contributed by atoms with Gasteiger partial charge in [-0.2, -0.15) is 0 Å². The SMILES string of the molecule is CC[C@H]1COCC(=O)N1c1cc(CS(C)(=O)=O)cc(-c2ccc3[nH]c(CNC)cc3n2)n1. The number of carbonyl (C=O) groups excluding carboxylic acids is 1. The van der Waals surface area contributed by atoms with Crippen molar-refractivity contribution >= 4 is 32.6 Å². The minimum Gasteiger partial charge on any atom is -0.369 e. The molecule has 0 spiro atoms. The van der Waals surface area contributed by atoms with Gasteiger partial charge in [0.15, 0.2) is 9.84 Å². The maximum atomic E-state index is 12.7. The lowest BCUT2D eigenvalue weighted by Crippen LogP contribution is -2.49. The van der Waals surface area contributed by atoms with E-state index in [1.54, 1.807) is 17.0 Å². The molecular formula is C22H27N5O4S. The number of ether oxygens (including phenoxy) is 1. The molecule has 1 aliphatic heterocycles. The number of pyridine rings is 2. The van der Waals surface area contributed by atoms with Gasteiger partial charge in [0.1, 0.15) is 12.4 Å². The van der Waals surface area contributed by atoms with E-state index in [4.69, 9.17) is 14.7 Å². The maximum absolute atomic E-state index is 12.7. The van der Waals surface area contributed by atoms with Crippen molar-refractivity contribution in [3.63, 3.8) is 0 Å². The molecule has 0 aromatic carbocycles. The van der Waals surface area contributed by atoms with E-state index >= 15 is 0 Å². The number of aromatic nitrogens is 3. The minimum absolute atomic E-state index is 0.0222. The number of hydrogen-bond acceptors (Lipinski definition) is 7. The third-order valence-corrected chi connectivity index (χ3v) is 6.21. The summed E-state index contributed by atoms with van der Waals surface area (Å²) in [5.41, 5.74) is 4.40. The fourth-order valence-corrected chi connectivity index (χ4v) is 4.72. The zero-order valence-corrected chi connectivity index (χ0v) is 19.2. The van der Waals surface area contributed by atoms with Gasteiger partial charge < -0.3 is 15.0 Å². The Morgan fingerprint density at radius 2 is 2.03 bits per heavy atom.